The number of unbranched alkanes of at least 4 members (excludes halogenated alkanes) is 12. The minimum absolute atomic E-state index is 0.144. The van der Waals surface area contributed by atoms with Crippen molar-refractivity contribution in [3.8, 4) is 0 Å². The van der Waals surface area contributed by atoms with Crippen LogP contribution in [0.2, 0.25) is 0 Å². The maximum Gasteiger partial charge on any atom is 0.155 e. The molecule has 0 amide bonds. The SMILES string of the molecule is C=CCCCCCCCCOC(COCCNCCCCC/C=C\C/C=C\CCCCC)COC(O)CC(I)CCI. The smallest absolute Gasteiger partial charge is 0.155 e. The Labute approximate surface area is 287 Å². The van der Waals surface area contributed by atoms with Crippen LogP contribution in [0.5, 0.6) is 0 Å². The number of aliphatic hydroxyl groups excluding tert-OH is 1. The fourth-order valence-corrected chi connectivity index (χ4v) is 7.12. The lowest BCUT2D eigenvalue weighted by Gasteiger charge is -2.21. The van der Waals surface area contributed by atoms with Crippen LogP contribution in [0, 0.1) is 0 Å². The first kappa shape index (κ1) is 42.5. The number of rotatable bonds is 34. The predicted molar refractivity (Wildman–Crippen MR) is 199 cm³/mol. The molecule has 7 heteroatoms. The molecule has 0 aliphatic rings. The second-order valence-electron chi connectivity index (χ2n) is 11.1. The van der Waals surface area contributed by atoms with E-state index in [0.29, 0.717) is 36.8 Å². The van der Waals surface area contributed by atoms with Gasteiger partial charge in [-0.25, -0.2) is 0 Å². The third-order valence-electron chi connectivity index (χ3n) is 7.04. The molecule has 0 spiro atoms. The van der Waals surface area contributed by atoms with Crippen LogP contribution in [0.3, 0.4) is 0 Å². The van der Waals surface area contributed by atoms with Crippen LogP contribution >= 0.6 is 45.2 Å². The molecular weight excluding hydrogens is 752 g/mol. The number of alkyl halides is 2. The van der Waals surface area contributed by atoms with Gasteiger partial charge in [0.05, 0.1) is 19.8 Å². The highest BCUT2D eigenvalue weighted by atomic mass is 127. The molecule has 0 saturated heterocycles. The summed E-state index contributed by atoms with van der Waals surface area (Å²) in [6.45, 7) is 10.2. The summed E-state index contributed by atoms with van der Waals surface area (Å²) in [6.07, 6.45) is 31.7. The molecule has 0 saturated carbocycles. The summed E-state index contributed by atoms with van der Waals surface area (Å²) in [4.78, 5) is 0. The average molecular weight is 818 g/mol. The van der Waals surface area contributed by atoms with Crippen molar-refractivity contribution in [3.05, 3.63) is 37.0 Å². The molecule has 0 aromatic rings. The third kappa shape index (κ3) is 33.4. The number of halogens is 2. The van der Waals surface area contributed by atoms with Crippen LogP contribution in [0.15, 0.2) is 37.0 Å². The highest BCUT2D eigenvalue weighted by Crippen LogP contribution is 2.16. The Bertz CT molecular complexity index is 606. The van der Waals surface area contributed by atoms with Gasteiger partial charge in [0.1, 0.15) is 6.10 Å². The van der Waals surface area contributed by atoms with E-state index < -0.39 is 6.29 Å². The van der Waals surface area contributed by atoms with Gasteiger partial charge in [-0.15, -0.1) is 6.58 Å². The van der Waals surface area contributed by atoms with Crippen LogP contribution in [0.4, 0.5) is 0 Å². The van der Waals surface area contributed by atoms with Gasteiger partial charge in [-0.1, -0.05) is 127 Å². The van der Waals surface area contributed by atoms with Crippen molar-refractivity contribution in [2.45, 2.75) is 139 Å². The molecule has 0 heterocycles. The molecule has 0 aliphatic heterocycles. The van der Waals surface area contributed by atoms with Gasteiger partial charge in [0.15, 0.2) is 6.29 Å². The average Bonchev–Trinajstić information content (AvgIpc) is 2.98. The van der Waals surface area contributed by atoms with Crippen molar-refractivity contribution in [1.29, 1.82) is 0 Å². The zero-order valence-electron chi connectivity index (χ0n) is 26.9. The Kier molecular flexibility index (Phi) is 36.4. The Morgan fingerprint density at radius 2 is 1.43 bits per heavy atom. The van der Waals surface area contributed by atoms with Crippen molar-refractivity contribution in [2.24, 2.45) is 0 Å². The minimum Gasteiger partial charge on any atom is -0.377 e. The molecule has 0 fully saturated rings. The molecule has 0 aliphatic carbocycles. The number of ether oxygens (including phenoxy) is 3. The van der Waals surface area contributed by atoms with Gasteiger partial charge in [-0.05, 0) is 70.8 Å². The zero-order valence-corrected chi connectivity index (χ0v) is 31.2. The molecule has 248 valence electrons. The number of allylic oxidation sites excluding steroid dienone is 5. The van der Waals surface area contributed by atoms with E-state index in [4.69, 9.17) is 14.2 Å². The lowest BCUT2D eigenvalue weighted by Crippen LogP contribution is -2.31. The first-order valence-corrected chi connectivity index (χ1v) is 19.7. The topological polar surface area (TPSA) is 60.0 Å². The van der Waals surface area contributed by atoms with E-state index in [1.54, 1.807) is 0 Å². The molecule has 5 nitrogen and oxygen atoms in total. The molecule has 0 rings (SSSR count). The summed E-state index contributed by atoms with van der Waals surface area (Å²) in [6, 6.07) is 0. The fourth-order valence-electron chi connectivity index (χ4n) is 4.43. The van der Waals surface area contributed by atoms with E-state index in [9.17, 15) is 5.11 Å². The first-order chi connectivity index (χ1) is 20.6. The molecular formula is C35H65I2NO4. The molecule has 3 atom stereocenters. The Morgan fingerprint density at radius 1 is 0.762 bits per heavy atom. The van der Waals surface area contributed by atoms with E-state index in [-0.39, 0.29) is 6.10 Å². The largest absolute Gasteiger partial charge is 0.377 e. The van der Waals surface area contributed by atoms with Gasteiger partial charge < -0.3 is 24.6 Å². The highest BCUT2D eigenvalue weighted by Gasteiger charge is 2.16. The second kappa shape index (κ2) is 36.0. The van der Waals surface area contributed by atoms with Crippen molar-refractivity contribution < 1.29 is 19.3 Å². The molecule has 2 N–H and O–H groups in total. The minimum atomic E-state index is -0.745. The number of hydrogen-bond acceptors (Lipinski definition) is 5. The Hall–Kier alpha value is 0.480. The summed E-state index contributed by atoms with van der Waals surface area (Å²) >= 11 is 4.78. The summed E-state index contributed by atoms with van der Waals surface area (Å²) in [7, 11) is 0. The summed E-state index contributed by atoms with van der Waals surface area (Å²) in [5.74, 6) is 0. The summed E-state index contributed by atoms with van der Waals surface area (Å²) in [5, 5.41) is 13.8. The molecule has 0 radical (unpaired) electrons. The van der Waals surface area contributed by atoms with Crippen LogP contribution in [0.1, 0.15) is 122 Å². The molecule has 0 bridgehead atoms. The molecule has 0 aromatic heterocycles. The summed E-state index contributed by atoms with van der Waals surface area (Å²) < 4.78 is 19.3. The standard InChI is InChI=1S/C35H65I2NO4/c1-3-5-7-9-11-13-14-15-16-17-18-20-22-26-38-27-29-40-31-34(32-42-35(39)30-33(37)24-25-36)41-28-23-21-19-12-10-8-6-4-2/h4,11,13,15-16,33-35,38-39H,2-3,5-10,12,14,17-32H2,1H3/b13-11-,16-15-. The molecule has 0 aromatic carbocycles. The van der Waals surface area contributed by atoms with Gasteiger partial charge in [-0.3, -0.25) is 0 Å². The monoisotopic (exact) mass is 817 g/mol. The van der Waals surface area contributed by atoms with Gasteiger partial charge >= 0.3 is 0 Å². The van der Waals surface area contributed by atoms with Crippen molar-refractivity contribution in [2.75, 3.05) is 43.9 Å². The first-order valence-electron chi connectivity index (χ1n) is 16.9. The maximum atomic E-state index is 10.3. The predicted octanol–water partition coefficient (Wildman–Crippen LogP) is 9.89. The van der Waals surface area contributed by atoms with E-state index >= 15 is 0 Å². The van der Waals surface area contributed by atoms with Gasteiger partial charge in [0, 0.05) is 27.9 Å². The van der Waals surface area contributed by atoms with E-state index in [2.05, 4.69) is 88.3 Å². The fraction of sp³-hybridized carbons (Fsp3) is 0.829. The zero-order chi connectivity index (χ0) is 30.8. The van der Waals surface area contributed by atoms with E-state index in [1.165, 1.54) is 83.5 Å². The third-order valence-corrected chi connectivity index (χ3v) is 8.80. The maximum absolute atomic E-state index is 10.3. The van der Waals surface area contributed by atoms with Gasteiger partial charge in [-0.2, -0.15) is 0 Å². The molecule has 3 unspecified atom stereocenters. The second-order valence-corrected chi connectivity index (χ2v) is 14.0. The van der Waals surface area contributed by atoms with E-state index in [1.807, 2.05) is 6.08 Å². The number of nitrogens with one attached hydrogen (secondary N) is 1. The van der Waals surface area contributed by atoms with Crippen molar-refractivity contribution in [3.63, 3.8) is 0 Å². The van der Waals surface area contributed by atoms with Crippen LogP contribution in [-0.2, 0) is 14.2 Å². The van der Waals surface area contributed by atoms with E-state index in [0.717, 1.165) is 43.2 Å². The number of hydrogen-bond donors (Lipinski definition) is 2. The van der Waals surface area contributed by atoms with Crippen LogP contribution in [0.25, 0.3) is 0 Å². The normalized spacial score (nSPS) is 14.2. The number of aliphatic hydroxyl groups is 1. The Balaban J connectivity index is 3.96. The molecule has 42 heavy (non-hydrogen) atoms. The Morgan fingerprint density at radius 3 is 2.14 bits per heavy atom. The lowest BCUT2D eigenvalue weighted by molar-refractivity contribution is -0.143. The van der Waals surface area contributed by atoms with Crippen molar-refractivity contribution in [1.82, 2.24) is 5.32 Å². The lowest BCUT2D eigenvalue weighted by atomic mass is 10.1. The summed E-state index contributed by atoms with van der Waals surface area (Å²) in [5.41, 5.74) is 0. The van der Waals surface area contributed by atoms with Gasteiger partial charge in [0.2, 0.25) is 0 Å². The highest BCUT2D eigenvalue weighted by molar-refractivity contribution is 14.1. The quantitative estimate of drug-likeness (QED) is 0.0223. The van der Waals surface area contributed by atoms with Crippen LogP contribution < -0.4 is 5.32 Å². The van der Waals surface area contributed by atoms with Crippen molar-refractivity contribution >= 4 is 45.2 Å². The van der Waals surface area contributed by atoms with Gasteiger partial charge in [0.25, 0.3) is 0 Å². The van der Waals surface area contributed by atoms with Crippen LogP contribution in [-0.4, -0.2) is 65.4 Å².